The number of anilines is 1. The molecule has 158 valence electrons. The summed E-state index contributed by atoms with van der Waals surface area (Å²) in [7, 11) is 1.61. The number of rotatable bonds is 4. The van der Waals surface area contributed by atoms with Gasteiger partial charge in [0, 0.05) is 23.4 Å². The smallest absolute Gasteiger partial charge is 0.261 e. The van der Waals surface area contributed by atoms with E-state index in [0.717, 1.165) is 22.4 Å². The summed E-state index contributed by atoms with van der Waals surface area (Å²) in [6.07, 6.45) is 0.852. The van der Waals surface area contributed by atoms with Gasteiger partial charge in [0.25, 0.3) is 11.5 Å². The number of carbonyl (C=O) groups is 2. The van der Waals surface area contributed by atoms with Gasteiger partial charge < -0.3 is 15.0 Å². The number of aryl methyl sites for hydroxylation is 1. The van der Waals surface area contributed by atoms with Gasteiger partial charge in [-0.3, -0.25) is 14.4 Å². The van der Waals surface area contributed by atoms with E-state index in [9.17, 15) is 14.4 Å². The molecule has 31 heavy (non-hydrogen) atoms. The van der Waals surface area contributed by atoms with Crippen LogP contribution in [0.3, 0.4) is 0 Å². The summed E-state index contributed by atoms with van der Waals surface area (Å²) in [6, 6.07) is 14.6. The maximum Gasteiger partial charge on any atom is 0.261 e. The van der Waals surface area contributed by atoms with Gasteiger partial charge >= 0.3 is 0 Å². The van der Waals surface area contributed by atoms with Crippen molar-refractivity contribution in [1.82, 2.24) is 4.98 Å². The maximum absolute atomic E-state index is 12.9. The van der Waals surface area contributed by atoms with E-state index in [2.05, 4.69) is 10.3 Å². The number of ether oxygens (including phenoxy) is 1. The molecule has 4 rings (SSSR count). The Morgan fingerprint density at radius 1 is 1.06 bits per heavy atom. The monoisotopic (exact) mass is 416 g/mol. The fourth-order valence-corrected chi connectivity index (χ4v) is 3.99. The second-order valence-electron chi connectivity index (χ2n) is 7.91. The molecule has 1 aliphatic carbocycles. The fourth-order valence-electron chi connectivity index (χ4n) is 3.99. The van der Waals surface area contributed by atoms with E-state index in [-0.39, 0.29) is 17.3 Å². The minimum absolute atomic E-state index is 0.0313. The van der Waals surface area contributed by atoms with Crippen LogP contribution in [0.25, 0.3) is 0 Å². The van der Waals surface area contributed by atoms with Gasteiger partial charge in [0.15, 0.2) is 5.78 Å². The summed E-state index contributed by atoms with van der Waals surface area (Å²) < 4.78 is 5.19. The molecule has 1 heterocycles. The number of carbonyl (C=O) groups excluding carboxylic acids is 2. The fraction of sp³-hybridized carbons (Fsp3) is 0.240. The molecule has 2 N–H and O–H groups in total. The zero-order valence-corrected chi connectivity index (χ0v) is 17.7. The summed E-state index contributed by atoms with van der Waals surface area (Å²) >= 11 is 0. The van der Waals surface area contributed by atoms with Gasteiger partial charge in [-0.25, -0.2) is 0 Å². The zero-order chi connectivity index (χ0) is 22.1. The Morgan fingerprint density at radius 2 is 1.81 bits per heavy atom. The normalized spacial score (nSPS) is 15.3. The highest BCUT2D eigenvalue weighted by atomic mass is 16.5. The maximum atomic E-state index is 12.9. The van der Waals surface area contributed by atoms with Gasteiger partial charge in [0.1, 0.15) is 11.3 Å². The van der Waals surface area contributed by atoms with Crippen molar-refractivity contribution in [1.29, 1.82) is 0 Å². The number of benzene rings is 2. The lowest BCUT2D eigenvalue weighted by Crippen LogP contribution is -2.29. The summed E-state index contributed by atoms with van der Waals surface area (Å²) in [5, 5.41) is 2.79. The number of fused-ring (bicyclic) bond motifs is 1. The molecule has 1 aliphatic rings. The molecule has 0 saturated heterocycles. The first kappa shape index (κ1) is 20.6. The number of H-pyrrole nitrogens is 1. The third-order valence-corrected chi connectivity index (χ3v) is 5.99. The lowest BCUT2D eigenvalue weighted by molar-refractivity contribution is 0.0963. The molecular weight excluding hydrogens is 392 g/mol. The second kappa shape index (κ2) is 8.22. The first-order chi connectivity index (χ1) is 14.9. The van der Waals surface area contributed by atoms with Crippen molar-refractivity contribution in [3.8, 4) is 5.75 Å². The van der Waals surface area contributed by atoms with Crippen molar-refractivity contribution in [3.63, 3.8) is 0 Å². The summed E-state index contributed by atoms with van der Waals surface area (Å²) in [5.74, 6) is 0.109. The first-order valence-corrected chi connectivity index (χ1v) is 10.2. The van der Waals surface area contributed by atoms with Crippen LogP contribution in [0.2, 0.25) is 0 Å². The predicted octanol–water partition coefficient (Wildman–Crippen LogP) is 4.17. The van der Waals surface area contributed by atoms with Crippen LogP contribution in [-0.4, -0.2) is 23.8 Å². The molecule has 1 amide bonds. The first-order valence-electron chi connectivity index (χ1n) is 10.2. The quantitative estimate of drug-likeness (QED) is 0.668. The molecule has 6 heteroatoms. The largest absolute Gasteiger partial charge is 0.497 e. The average molecular weight is 416 g/mol. The van der Waals surface area contributed by atoms with Crippen molar-refractivity contribution < 1.29 is 14.3 Å². The number of hydrogen-bond acceptors (Lipinski definition) is 4. The Kier molecular flexibility index (Phi) is 5.46. The number of aromatic nitrogens is 1. The van der Waals surface area contributed by atoms with Gasteiger partial charge in [-0.15, -0.1) is 0 Å². The van der Waals surface area contributed by atoms with E-state index in [1.165, 1.54) is 6.07 Å². The molecule has 0 aliphatic heterocycles. The molecular formula is C25H24N2O4. The molecule has 0 saturated carbocycles. The standard InChI is InChI=1S/C25H24N2O4/c1-14-5-4-6-21(15(14)2)26-24(29)20-13-19-22(27-25(20)30)11-17(12-23(19)28)16-7-9-18(31-3)10-8-16/h4-10,13,17H,11-12H2,1-3H3,(H,26,29)(H,27,30)/t17-/m0/s1. The molecule has 0 fully saturated rings. The van der Waals surface area contributed by atoms with Gasteiger partial charge in [0.05, 0.1) is 7.11 Å². The van der Waals surface area contributed by atoms with E-state index in [4.69, 9.17) is 4.74 Å². The second-order valence-corrected chi connectivity index (χ2v) is 7.91. The molecule has 0 bridgehead atoms. The van der Waals surface area contributed by atoms with Crippen LogP contribution < -0.4 is 15.6 Å². The van der Waals surface area contributed by atoms with Gasteiger partial charge in [-0.05, 0) is 67.1 Å². The predicted molar refractivity (Wildman–Crippen MR) is 119 cm³/mol. The third kappa shape index (κ3) is 4.01. The molecule has 3 aromatic rings. The number of amides is 1. The van der Waals surface area contributed by atoms with Gasteiger partial charge in [-0.2, -0.15) is 0 Å². The Labute approximate surface area is 180 Å². The lowest BCUT2D eigenvalue weighted by Gasteiger charge is -2.24. The van der Waals surface area contributed by atoms with Crippen LogP contribution in [0.15, 0.2) is 53.3 Å². The summed E-state index contributed by atoms with van der Waals surface area (Å²) in [5.41, 5.74) is 4.06. The Balaban J connectivity index is 1.61. The minimum atomic E-state index is -0.525. The summed E-state index contributed by atoms with van der Waals surface area (Å²) in [4.78, 5) is 41.1. The van der Waals surface area contributed by atoms with E-state index in [1.54, 1.807) is 13.2 Å². The number of aromatic amines is 1. The molecule has 1 atom stereocenters. The SMILES string of the molecule is COc1ccc([C@@H]2CC(=O)c3cc(C(=O)Nc4cccc(C)c4C)c(=O)[nH]c3C2)cc1. The Hall–Kier alpha value is -3.67. The van der Waals surface area contributed by atoms with Crippen molar-refractivity contribution >= 4 is 17.4 Å². The van der Waals surface area contributed by atoms with E-state index in [0.29, 0.717) is 29.8 Å². The van der Waals surface area contributed by atoms with Crippen molar-refractivity contribution in [3.05, 3.63) is 92.4 Å². The van der Waals surface area contributed by atoms with E-state index in [1.807, 2.05) is 50.2 Å². The number of hydrogen-bond donors (Lipinski definition) is 2. The van der Waals surface area contributed by atoms with Crippen LogP contribution in [-0.2, 0) is 6.42 Å². The van der Waals surface area contributed by atoms with Crippen molar-refractivity contribution in [2.75, 3.05) is 12.4 Å². The number of nitrogens with one attached hydrogen (secondary N) is 2. The highest BCUT2D eigenvalue weighted by Gasteiger charge is 2.29. The van der Waals surface area contributed by atoms with E-state index >= 15 is 0 Å². The van der Waals surface area contributed by atoms with Crippen molar-refractivity contribution in [2.45, 2.75) is 32.6 Å². The number of pyridine rings is 1. The Morgan fingerprint density at radius 3 is 2.52 bits per heavy atom. The van der Waals surface area contributed by atoms with Crippen molar-refractivity contribution in [2.24, 2.45) is 0 Å². The third-order valence-electron chi connectivity index (χ3n) is 5.99. The molecule has 1 aromatic heterocycles. The van der Waals surface area contributed by atoms with E-state index < -0.39 is 11.5 Å². The highest BCUT2D eigenvalue weighted by Crippen LogP contribution is 2.32. The van der Waals surface area contributed by atoms with Crippen LogP contribution in [0.1, 0.15) is 55.4 Å². The lowest BCUT2D eigenvalue weighted by atomic mass is 9.81. The van der Waals surface area contributed by atoms with Gasteiger partial charge in [0.2, 0.25) is 0 Å². The molecule has 0 radical (unpaired) electrons. The van der Waals surface area contributed by atoms with Gasteiger partial charge in [-0.1, -0.05) is 24.3 Å². The van der Waals surface area contributed by atoms with Crippen LogP contribution in [0.4, 0.5) is 5.69 Å². The minimum Gasteiger partial charge on any atom is -0.497 e. The Bertz CT molecular complexity index is 1230. The highest BCUT2D eigenvalue weighted by molar-refractivity contribution is 6.07. The zero-order valence-electron chi connectivity index (χ0n) is 17.7. The molecule has 2 aromatic carbocycles. The number of ketones is 1. The van der Waals surface area contributed by atoms with Crippen LogP contribution >= 0.6 is 0 Å². The number of Topliss-reactive ketones (excluding diaryl/α,β-unsaturated/α-hetero) is 1. The molecule has 6 nitrogen and oxygen atoms in total. The topological polar surface area (TPSA) is 88.3 Å². The average Bonchev–Trinajstić information content (AvgIpc) is 2.76. The van der Waals surface area contributed by atoms with Crippen LogP contribution in [0, 0.1) is 13.8 Å². The number of methoxy groups -OCH3 is 1. The molecule has 0 spiro atoms. The van der Waals surface area contributed by atoms with Crippen LogP contribution in [0.5, 0.6) is 5.75 Å². The molecule has 0 unspecified atom stereocenters. The summed E-state index contributed by atoms with van der Waals surface area (Å²) in [6.45, 7) is 3.86.